The molecular formula is C13H18FNO3. The summed E-state index contributed by atoms with van der Waals surface area (Å²) in [5, 5.41) is 11.9. The van der Waals surface area contributed by atoms with Gasteiger partial charge in [-0.25, -0.2) is 4.39 Å². The van der Waals surface area contributed by atoms with Gasteiger partial charge in [0, 0.05) is 18.3 Å². The Labute approximate surface area is 106 Å². The lowest BCUT2D eigenvalue weighted by Gasteiger charge is -2.20. The highest BCUT2D eigenvalue weighted by Gasteiger charge is 2.26. The molecule has 0 fully saturated rings. The maximum absolute atomic E-state index is 13.5. The van der Waals surface area contributed by atoms with Crippen molar-refractivity contribution in [3.63, 3.8) is 0 Å². The summed E-state index contributed by atoms with van der Waals surface area (Å²) in [4.78, 5) is 10.9. The van der Waals surface area contributed by atoms with Crippen molar-refractivity contribution in [1.29, 1.82) is 0 Å². The van der Waals surface area contributed by atoms with E-state index < -0.39 is 17.2 Å². The van der Waals surface area contributed by atoms with Crippen LogP contribution in [0.5, 0.6) is 5.75 Å². The van der Waals surface area contributed by atoms with Crippen molar-refractivity contribution in [3.8, 4) is 5.75 Å². The molecule has 0 heterocycles. The van der Waals surface area contributed by atoms with Gasteiger partial charge < -0.3 is 15.2 Å². The van der Waals surface area contributed by atoms with Gasteiger partial charge in [-0.15, -0.1) is 0 Å². The van der Waals surface area contributed by atoms with Crippen LogP contribution in [0.2, 0.25) is 0 Å². The van der Waals surface area contributed by atoms with Crippen LogP contribution in [0, 0.1) is 11.2 Å². The Hall–Kier alpha value is -1.78. The van der Waals surface area contributed by atoms with Crippen LogP contribution in [0.3, 0.4) is 0 Å². The number of halogens is 1. The molecule has 1 aromatic carbocycles. The van der Waals surface area contributed by atoms with Crippen molar-refractivity contribution >= 4 is 11.7 Å². The number of carbonyl (C=O) groups is 1. The first kappa shape index (κ1) is 14.3. The normalized spacial score (nSPS) is 11.1. The summed E-state index contributed by atoms with van der Waals surface area (Å²) in [6.45, 7) is 5.60. The number of hydrogen-bond donors (Lipinski definition) is 2. The van der Waals surface area contributed by atoms with Gasteiger partial charge in [-0.05, 0) is 32.9 Å². The average Bonchev–Trinajstić information content (AvgIpc) is 2.30. The average molecular weight is 255 g/mol. The monoisotopic (exact) mass is 255 g/mol. The number of carboxylic acids is 1. The Morgan fingerprint density at radius 1 is 1.50 bits per heavy atom. The third kappa shape index (κ3) is 3.61. The van der Waals surface area contributed by atoms with Crippen LogP contribution in [0.15, 0.2) is 18.2 Å². The van der Waals surface area contributed by atoms with Gasteiger partial charge in [-0.3, -0.25) is 4.79 Å². The molecule has 4 nitrogen and oxygen atoms in total. The van der Waals surface area contributed by atoms with E-state index in [4.69, 9.17) is 9.84 Å². The third-order valence-electron chi connectivity index (χ3n) is 2.55. The number of ether oxygens (including phenoxy) is 1. The molecule has 0 aliphatic carbocycles. The lowest BCUT2D eigenvalue weighted by molar-refractivity contribution is -0.146. The molecule has 0 saturated heterocycles. The van der Waals surface area contributed by atoms with Gasteiger partial charge >= 0.3 is 5.97 Å². The van der Waals surface area contributed by atoms with Gasteiger partial charge in [0.1, 0.15) is 0 Å². The Bertz CT molecular complexity index is 432. The number of hydrogen-bond acceptors (Lipinski definition) is 3. The van der Waals surface area contributed by atoms with E-state index in [0.29, 0.717) is 12.3 Å². The van der Waals surface area contributed by atoms with Crippen molar-refractivity contribution in [2.24, 2.45) is 5.41 Å². The molecular weight excluding hydrogens is 237 g/mol. The summed E-state index contributed by atoms with van der Waals surface area (Å²) >= 11 is 0. The molecule has 0 aliphatic rings. The first-order valence-electron chi connectivity index (χ1n) is 5.76. The molecule has 0 saturated carbocycles. The molecule has 1 rings (SSSR count). The van der Waals surface area contributed by atoms with Crippen LogP contribution in [-0.4, -0.2) is 24.2 Å². The lowest BCUT2D eigenvalue weighted by atomic mass is 9.94. The molecule has 0 bridgehead atoms. The van der Waals surface area contributed by atoms with Crippen LogP contribution < -0.4 is 10.1 Å². The second-order valence-corrected chi connectivity index (χ2v) is 4.62. The molecule has 0 aliphatic heterocycles. The zero-order valence-corrected chi connectivity index (χ0v) is 10.8. The minimum Gasteiger partial charge on any atom is -0.491 e. The van der Waals surface area contributed by atoms with Crippen molar-refractivity contribution < 1.29 is 19.0 Å². The minimum atomic E-state index is -0.908. The second kappa shape index (κ2) is 5.71. The van der Waals surface area contributed by atoms with E-state index in [0.717, 1.165) is 0 Å². The van der Waals surface area contributed by atoms with Gasteiger partial charge in [0.15, 0.2) is 11.6 Å². The maximum atomic E-state index is 13.5. The Morgan fingerprint density at radius 3 is 2.67 bits per heavy atom. The number of anilines is 1. The Balaban J connectivity index is 2.69. The second-order valence-electron chi connectivity index (χ2n) is 4.62. The SMILES string of the molecule is CCOc1ccc(NCC(C)(C)C(=O)O)cc1F. The predicted octanol–water partition coefficient (Wildman–Crippen LogP) is 2.75. The van der Waals surface area contributed by atoms with Crippen molar-refractivity contribution in [2.45, 2.75) is 20.8 Å². The fraction of sp³-hybridized carbons (Fsp3) is 0.462. The van der Waals surface area contributed by atoms with E-state index in [2.05, 4.69) is 5.32 Å². The summed E-state index contributed by atoms with van der Waals surface area (Å²) in [6, 6.07) is 4.48. The number of aliphatic carboxylic acids is 1. The van der Waals surface area contributed by atoms with Crippen LogP contribution in [0.1, 0.15) is 20.8 Å². The molecule has 0 unspecified atom stereocenters. The summed E-state index contributed by atoms with van der Waals surface area (Å²) in [5.41, 5.74) is -0.375. The molecule has 5 heteroatoms. The van der Waals surface area contributed by atoms with Crippen LogP contribution in [0.25, 0.3) is 0 Å². The molecule has 0 spiro atoms. The van der Waals surface area contributed by atoms with Crippen LogP contribution in [-0.2, 0) is 4.79 Å². The fourth-order valence-electron chi connectivity index (χ4n) is 1.28. The quantitative estimate of drug-likeness (QED) is 0.820. The number of benzene rings is 1. The van der Waals surface area contributed by atoms with E-state index in [1.165, 1.54) is 12.1 Å². The summed E-state index contributed by atoms with van der Waals surface area (Å²) in [6.07, 6.45) is 0. The molecule has 0 radical (unpaired) electrons. The largest absolute Gasteiger partial charge is 0.491 e. The van der Waals surface area contributed by atoms with Crippen molar-refractivity contribution in [2.75, 3.05) is 18.5 Å². The minimum absolute atomic E-state index is 0.195. The maximum Gasteiger partial charge on any atom is 0.310 e. The third-order valence-corrected chi connectivity index (χ3v) is 2.55. The van der Waals surface area contributed by atoms with Crippen molar-refractivity contribution in [1.82, 2.24) is 0 Å². The van der Waals surface area contributed by atoms with E-state index >= 15 is 0 Å². The molecule has 1 aromatic rings. The van der Waals surface area contributed by atoms with E-state index in [-0.39, 0.29) is 12.3 Å². The number of nitrogens with one attached hydrogen (secondary N) is 1. The van der Waals surface area contributed by atoms with Gasteiger partial charge in [0.05, 0.1) is 12.0 Å². The molecule has 2 N–H and O–H groups in total. The van der Waals surface area contributed by atoms with E-state index in [1.54, 1.807) is 26.8 Å². The zero-order chi connectivity index (χ0) is 13.8. The summed E-state index contributed by atoms with van der Waals surface area (Å²) in [7, 11) is 0. The standard InChI is InChI=1S/C13H18FNO3/c1-4-18-11-6-5-9(7-10(11)14)15-8-13(2,3)12(16)17/h5-7,15H,4,8H2,1-3H3,(H,16,17). The molecule has 0 atom stereocenters. The highest BCUT2D eigenvalue weighted by molar-refractivity contribution is 5.74. The first-order chi connectivity index (χ1) is 8.36. The van der Waals surface area contributed by atoms with Gasteiger partial charge in [0.2, 0.25) is 0 Å². The molecule has 18 heavy (non-hydrogen) atoms. The molecule has 0 aromatic heterocycles. The van der Waals surface area contributed by atoms with Gasteiger partial charge in [-0.1, -0.05) is 0 Å². The summed E-state index contributed by atoms with van der Waals surface area (Å²) < 4.78 is 18.6. The Morgan fingerprint density at radius 2 is 2.17 bits per heavy atom. The topological polar surface area (TPSA) is 58.6 Å². The first-order valence-corrected chi connectivity index (χ1v) is 5.76. The summed E-state index contributed by atoms with van der Waals surface area (Å²) in [5.74, 6) is -1.17. The van der Waals surface area contributed by atoms with Crippen molar-refractivity contribution in [3.05, 3.63) is 24.0 Å². The van der Waals surface area contributed by atoms with Crippen LogP contribution in [0.4, 0.5) is 10.1 Å². The lowest BCUT2D eigenvalue weighted by Crippen LogP contribution is -2.31. The predicted molar refractivity (Wildman–Crippen MR) is 67.5 cm³/mol. The fourth-order valence-corrected chi connectivity index (χ4v) is 1.28. The number of rotatable bonds is 6. The highest BCUT2D eigenvalue weighted by Crippen LogP contribution is 2.23. The van der Waals surface area contributed by atoms with Crippen LogP contribution >= 0.6 is 0 Å². The zero-order valence-electron chi connectivity index (χ0n) is 10.8. The smallest absolute Gasteiger partial charge is 0.310 e. The highest BCUT2D eigenvalue weighted by atomic mass is 19.1. The van der Waals surface area contributed by atoms with E-state index in [9.17, 15) is 9.18 Å². The Kier molecular flexibility index (Phi) is 4.53. The molecule has 0 amide bonds. The van der Waals surface area contributed by atoms with E-state index in [1.807, 2.05) is 0 Å². The van der Waals surface area contributed by atoms with Gasteiger partial charge in [-0.2, -0.15) is 0 Å². The van der Waals surface area contributed by atoms with Gasteiger partial charge in [0.25, 0.3) is 0 Å². The number of carboxylic acid groups (broad SMARTS) is 1. The molecule has 100 valence electrons.